The Hall–Kier alpha value is -1.76. The lowest BCUT2D eigenvalue weighted by molar-refractivity contribution is 0.0948. The predicted octanol–water partition coefficient (Wildman–Crippen LogP) is 3.39. The van der Waals surface area contributed by atoms with Gasteiger partial charge in [0.15, 0.2) is 0 Å². The largest absolute Gasteiger partial charge is 0.465 e. The van der Waals surface area contributed by atoms with E-state index in [9.17, 15) is 9.59 Å². The van der Waals surface area contributed by atoms with Crippen molar-refractivity contribution in [2.75, 3.05) is 25.0 Å². The third kappa shape index (κ3) is 4.63. The molecule has 0 atom stereocenters. The van der Waals surface area contributed by atoms with Crippen molar-refractivity contribution in [3.63, 3.8) is 0 Å². The summed E-state index contributed by atoms with van der Waals surface area (Å²) in [6.45, 7) is 1.30. The van der Waals surface area contributed by atoms with Crippen LogP contribution in [0.2, 0.25) is 0 Å². The summed E-state index contributed by atoms with van der Waals surface area (Å²) in [5.74, 6) is 0.213. The Bertz CT molecular complexity index is 515. The summed E-state index contributed by atoms with van der Waals surface area (Å²) in [6, 6.07) is 7.28. The summed E-state index contributed by atoms with van der Waals surface area (Å²) in [5.41, 5.74) is 0.656. The standard InChI is InChI=1S/C14H17BrN2O4/c15-11-3-1-2-4-12(11)16-13(18)21-9-10-5-7-17(8-6-10)14(19)20/h1-4,10H,5-9H2,(H,16,18)(H,19,20). The van der Waals surface area contributed by atoms with Gasteiger partial charge in [0.05, 0.1) is 12.3 Å². The van der Waals surface area contributed by atoms with Crippen LogP contribution in [0.15, 0.2) is 28.7 Å². The predicted molar refractivity (Wildman–Crippen MR) is 81.4 cm³/mol. The molecule has 2 rings (SSSR count). The topological polar surface area (TPSA) is 78.9 Å². The van der Waals surface area contributed by atoms with E-state index in [1.807, 2.05) is 18.2 Å². The van der Waals surface area contributed by atoms with E-state index in [0.717, 1.165) is 4.47 Å². The van der Waals surface area contributed by atoms with E-state index >= 15 is 0 Å². The van der Waals surface area contributed by atoms with Crippen LogP contribution >= 0.6 is 15.9 Å². The second-order valence-corrected chi connectivity index (χ2v) is 5.77. The number of rotatable bonds is 3. The molecule has 1 aromatic carbocycles. The van der Waals surface area contributed by atoms with Crippen LogP contribution in [0.5, 0.6) is 0 Å². The molecule has 114 valence electrons. The van der Waals surface area contributed by atoms with Crippen molar-refractivity contribution in [3.05, 3.63) is 28.7 Å². The fourth-order valence-electron chi connectivity index (χ4n) is 2.19. The number of anilines is 1. The normalized spacial score (nSPS) is 15.6. The van der Waals surface area contributed by atoms with Gasteiger partial charge in [-0.25, -0.2) is 9.59 Å². The van der Waals surface area contributed by atoms with Crippen molar-refractivity contribution in [1.82, 2.24) is 4.90 Å². The summed E-state index contributed by atoms with van der Waals surface area (Å²) >= 11 is 3.34. The van der Waals surface area contributed by atoms with Gasteiger partial charge in [0, 0.05) is 17.6 Å². The summed E-state index contributed by atoms with van der Waals surface area (Å²) in [6.07, 6.45) is 0.0482. The molecule has 7 heteroatoms. The first-order valence-corrected chi connectivity index (χ1v) is 7.51. The molecule has 6 nitrogen and oxygen atoms in total. The molecule has 1 heterocycles. The molecular formula is C14H17BrN2O4. The summed E-state index contributed by atoms with van der Waals surface area (Å²) < 4.78 is 5.99. The van der Waals surface area contributed by atoms with Crippen molar-refractivity contribution in [1.29, 1.82) is 0 Å². The van der Waals surface area contributed by atoms with E-state index in [4.69, 9.17) is 9.84 Å². The number of hydrogen-bond acceptors (Lipinski definition) is 3. The third-order valence-corrected chi connectivity index (χ3v) is 4.14. The number of nitrogens with one attached hydrogen (secondary N) is 1. The fourth-order valence-corrected chi connectivity index (χ4v) is 2.58. The van der Waals surface area contributed by atoms with Gasteiger partial charge in [-0.3, -0.25) is 5.32 Å². The van der Waals surface area contributed by atoms with Gasteiger partial charge in [-0.15, -0.1) is 0 Å². The van der Waals surface area contributed by atoms with Crippen LogP contribution < -0.4 is 5.32 Å². The average Bonchev–Trinajstić information content (AvgIpc) is 2.48. The highest BCUT2D eigenvalue weighted by Crippen LogP contribution is 2.22. The molecule has 0 unspecified atom stereocenters. The number of likely N-dealkylation sites (tertiary alicyclic amines) is 1. The number of carboxylic acid groups (broad SMARTS) is 1. The van der Waals surface area contributed by atoms with Gasteiger partial charge >= 0.3 is 12.2 Å². The van der Waals surface area contributed by atoms with Gasteiger partial charge in [0.25, 0.3) is 0 Å². The van der Waals surface area contributed by atoms with Crippen molar-refractivity contribution in [2.24, 2.45) is 5.92 Å². The van der Waals surface area contributed by atoms with Gasteiger partial charge < -0.3 is 14.7 Å². The minimum atomic E-state index is -0.888. The molecule has 21 heavy (non-hydrogen) atoms. The Kier molecular flexibility index (Phi) is 5.44. The van der Waals surface area contributed by atoms with Crippen molar-refractivity contribution < 1.29 is 19.4 Å². The molecule has 1 fully saturated rings. The number of benzene rings is 1. The van der Waals surface area contributed by atoms with Crippen LogP contribution in [0, 0.1) is 5.92 Å². The zero-order chi connectivity index (χ0) is 15.2. The van der Waals surface area contributed by atoms with Crippen LogP contribution in [-0.2, 0) is 4.74 Å². The second kappa shape index (κ2) is 7.31. The van der Waals surface area contributed by atoms with E-state index in [1.165, 1.54) is 4.90 Å². The minimum absolute atomic E-state index is 0.213. The molecule has 0 saturated carbocycles. The highest BCUT2D eigenvalue weighted by atomic mass is 79.9. The van der Waals surface area contributed by atoms with Gasteiger partial charge in [-0.1, -0.05) is 12.1 Å². The maximum Gasteiger partial charge on any atom is 0.411 e. The van der Waals surface area contributed by atoms with Crippen LogP contribution in [0.25, 0.3) is 0 Å². The van der Waals surface area contributed by atoms with Crippen LogP contribution in [-0.4, -0.2) is 41.9 Å². The summed E-state index contributed by atoms with van der Waals surface area (Å²) in [7, 11) is 0. The molecule has 1 aliphatic heterocycles. The first-order valence-electron chi connectivity index (χ1n) is 6.72. The zero-order valence-electron chi connectivity index (χ0n) is 11.4. The number of amides is 2. The Morgan fingerprint density at radius 3 is 2.62 bits per heavy atom. The van der Waals surface area contributed by atoms with E-state index in [2.05, 4.69) is 21.2 Å². The van der Waals surface area contributed by atoms with E-state index < -0.39 is 12.2 Å². The van der Waals surface area contributed by atoms with Gasteiger partial charge in [0.2, 0.25) is 0 Å². The number of piperidine rings is 1. The Morgan fingerprint density at radius 2 is 2.00 bits per heavy atom. The number of para-hydroxylation sites is 1. The van der Waals surface area contributed by atoms with Gasteiger partial charge in [-0.2, -0.15) is 0 Å². The number of nitrogens with zero attached hydrogens (tertiary/aromatic N) is 1. The number of hydrogen-bond donors (Lipinski definition) is 2. The minimum Gasteiger partial charge on any atom is -0.465 e. The van der Waals surface area contributed by atoms with Gasteiger partial charge in [0.1, 0.15) is 0 Å². The monoisotopic (exact) mass is 356 g/mol. The molecule has 0 bridgehead atoms. The maximum atomic E-state index is 11.7. The third-order valence-electron chi connectivity index (χ3n) is 3.45. The lowest BCUT2D eigenvalue weighted by Crippen LogP contribution is -2.38. The highest BCUT2D eigenvalue weighted by molar-refractivity contribution is 9.10. The quantitative estimate of drug-likeness (QED) is 0.869. The lowest BCUT2D eigenvalue weighted by Gasteiger charge is -2.29. The van der Waals surface area contributed by atoms with Crippen molar-refractivity contribution in [2.45, 2.75) is 12.8 Å². The number of ether oxygens (including phenoxy) is 1. The molecule has 1 saturated heterocycles. The number of halogens is 1. The van der Waals surface area contributed by atoms with Gasteiger partial charge in [-0.05, 0) is 46.8 Å². The maximum absolute atomic E-state index is 11.7. The van der Waals surface area contributed by atoms with E-state index in [0.29, 0.717) is 38.2 Å². The molecule has 2 amide bonds. The highest BCUT2D eigenvalue weighted by Gasteiger charge is 2.23. The summed E-state index contributed by atoms with van der Waals surface area (Å²) in [5, 5.41) is 11.5. The fraction of sp³-hybridized carbons (Fsp3) is 0.429. The smallest absolute Gasteiger partial charge is 0.411 e. The molecular weight excluding hydrogens is 340 g/mol. The molecule has 1 aliphatic rings. The van der Waals surface area contributed by atoms with Crippen molar-refractivity contribution >= 4 is 33.8 Å². The van der Waals surface area contributed by atoms with Crippen LogP contribution in [0.3, 0.4) is 0 Å². The molecule has 1 aromatic rings. The van der Waals surface area contributed by atoms with E-state index in [-0.39, 0.29) is 5.92 Å². The molecule has 0 radical (unpaired) electrons. The number of carbonyl (C=O) groups is 2. The second-order valence-electron chi connectivity index (χ2n) is 4.92. The lowest BCUT2D eigenvalue weighted by atomic mass is 9.98. The summed E-state index contributed by atoms with van der Waals surface area (Å²) in [4.78, 5) is 23.9. The number of carbonyl (C=O) groups excluding carboxylic acids is 1. The molecule has 0 spiro atoms. The Labute approximate surface area is 131 Å². The van der Waals surface area contributed by atoms with Crippen LogP contribution in [0.1, 0.15) is 12.8 Å². The average molecular weight is 357 g/mol. The van der Waals surface area contributed by atoms with Crippen LogP contribution in [0.4, 0.5) is 15.3 Å². The van der Waals surface area contributed by atoms with Crippen molar-refractivity contribution in [3.8, 4) is 0 Å². The first kappa shape index (κ1) is 15.6. The van der Waals surface area contributed by atoms with E-state index in [1.54, 1.807) is 6.07 Å². The molecule has 0 aromatic heterocycles. The Balaban J connectivity index is 1.73. The Morgan fingerprint density at radius 1 is 1.33 bits per heavy atom. The molecule has 0 aliphatic carbocycles. The molecule has 2 N–H and O–H groups in total. The SMILES string of the molecule is O=C(Nc1ccccc1Br)OCC1CCN(C(=O)O)CC1. The first-order chi connectivity index (χ1) is 10.1. The zero-order valence-corrected chi connectivity index (χ0v) is 13.0.